The molecule has 0 amide bonds. The van der Waals surface area contributed by atoms with E-state index in [1.165, 1.54) is 0 Å². The average Bonchev–Trinajstić information content (AvgIpc) is 2.74. The molecule has 5 nitrogen and oxygen atoms in total. The summed E-state index contributed by atoms with van der Waals surface area (Å²) in [5, 5.41) is 4.39. The Bertz CT molecular complexity index is 680. The Morgan fingerprint density at radius 1 is 1.48 bits per heavy atom. The number of Topliss-reactive ketones (excluding diaryl/α,β-unsaturated/α-hetero) is 1. The Kier molecular flexibility index (Phi) is 4.67. The van der Waals surface area contributed by atoms with Gasteiger partial charge < -0.3 is 10.5 Å². The van der Waals surface area contributed by atoms with E-state index in [1.54, 1.807) is 25.3 Å². The van der Waals surface area contributed by atoms with E-state index in [1.807, 2.05) is 18.5 Å². The third-order valence-corrected chi connectivity index (χ3v) is 4.37. The topological polar surface area (TPSA) is 70.1 Å². The molecule has 0 aliphatic rings. The number of hydrogen-bond donors (Lipinski definition) is 1. The van der Waals surface area contributed by atoms with Gasteiger partial charge in [0.1, 0.15) is 5.75 Å². The van der Waals surface area contributed by atoms with E-state index >= 15 is 0 Å². The van der Waals surface area contributed by atoms with Crippen LogP contribution >= 0.6 is 15.9 Å². The van der Waals surface area contributed by atoms with Crippen molar-refractivity contribution in [3.63, 3.8) is 0 Å². The summed E-state index contributed by atoms with van der Waals surface area (Å²) >= 11 is 3.50. The highest BCUT2D eigenvalue weighted by molar-refractivity contribution is 9.10. The summed E-state index contributed by atoms with van der Waals surface area (Å²) in [7, 11) is 1.57. The van der Waals surface area contributed by atoms with Crippen LogP contribution in [0.2, 0.25) is 0 Å². The zero-order valence-corrected chi connectivity index (χ0v) is 13.9. The van der Waals surface area contributed by atoms with Crippen LogP contribution in [0.3, 0.4) is 0 Å². The number of hydrogen-bond acceptors (Lipinski definition) is 4. The Morgan fingerprint density at radius 2 is 2.19 bits per heavy atom. The van der Waals surface area contributed by atoms with Crippen LogP contribution in [0.1, 0.15) is 28.7 Å². The first-order valence-electron chi connectivity index (χ1n) is 6.66. The number of anilines is 1. The van der Waals surface area contributed by atoms with Crippen LogP contribution in [0, 0.1) is 6.92 Å². The van der Waals surface area contributed by atoms with E-state index in [-0.39, 0.29) is 12.2 Å². The molecule has 0 atom stereocenters. The third-order valence-electron chi connectivity index (χ3n) is 3.34. The first kappa shape index (κ1) is 15.6. The lowest BCUT2D eigenvalue weighted by molar-refractivity contribution is 0.0991. The van der Waals surface area contributed by atoms with E-state index in [0.29, 0.717) is 23.5 Å². The number of nitrogens with two attached hydrogens (primary N) is 1. The molecule has 112 valence electrons. The highest BCUT2D eigenvalue weighted by atomic mass is 79.9. The zero-order valence-electron chi connectivity index (χ0n) is 12.3. The standard InChI is InChI=1S/C15H18BrN3O2/c1-4-19-13(15(16)9(2)18-19)8-14(20)11-6-5-10(21-3)7-12(11)17/h5-7H,4,8,17H2,1-3H3. The maximum Gasteiger partial charge on any atom is 0.170 e. The van der Waals surface area contributed by atoms with Crippen LogP contribution in [-0.4, -0.2) is 22.7 Å². The van der Waals surface area contributed by atoms with Gasteiger partial charge in [0.05, 0.1) is 29.4 Å². The minimum absolute atomic E-state index is 0.0366. The number of ketones is 1. The molecule has 21 heavy (non-hydrogen) atoms. The Morgan fingerprint density at radius 3 is 2.76 bits per heavy atom. The normalized spacial score (nSPS) is 10.7. The van der Waals surface area contributed by atoms with Gasteiger partial charge >= 0.3 is 0 Å². The van der Waals surface area contributed by atoms with Gasteiger partial charge in [0.25, 0.3) is 0 Å². The lowest BCUT2D eigenvalue weighted by atomic mass is 10.0. The van der Waals surface area contributed by atoms with Crippen molar-refractivity contribution in [2.24, 2.45) is 0 Å². The van der Waals surface area contributed by atoms with E-state index in [0.717, 1.165) is 15.9 Å². The van der Waals surface area contributed by atoms with Crippen LogP contribution in [0.25, 0.3) is 0 Å². The van der Waals surface area contributed by atoms with Gasteiger partial charge in [-0.3, -0.25) is 9.48 Å². The van der Waals surface area contributed by atoms with Gasteiger partial charge in [0.2, 0.25) is 0 Å². The number of carbonyl (C=O) groups excluding carboxylic acids is 1. The minimum atomic E-state index is -0.0366. The molecule has 2 N–H and O–H groups in total. The first-order valence-corrected chi connectivity index (χ1v) is 7.45. The quantitative estimate of drug-likeness (QED) is 0.663. The van der Waals surface area contributed by atoms with Crippen LogP contribution in [0.4, 0.5) is 5.69 Å². The summed E-state index contributed by atoms with van der Waals surface area (Å²) in [5.74, 6) is 0.602. The number of rotatable bonds is 5. The maximum atomic E-state index is 12.5. The molecule has 6 heteroatoms. The summed E-state index contributed by atoms with van der Waals surface area (Å²) in [6.07, 6.45) is 0.256. The number of nitrogens with zero attached hydrogens (tertiary/aromatic N) is 2. The smallest absolute Gasteiger partial charge is 0.170 e. The van der Waals surface area contributed by atoms with Crippen molar-refractivity contribution in [2.75, 3.05) is 12.8 Å². The fourth-order valence-electron chi connectivity index (χ4n) is 2.21. The zero-order chi connectivity index (χ0) is 15.6. The van der Waals surface area contributed by atoms with Gasteiger partial charge in [-0.2, -0.15) is 5.10 Å². The molecular weight excluding hydrogens is 334 g/mol. The highest BCUT2D eigenvalue weighted by Crippen LogP contribution is 2.25. The van der Waals surface area contributed by atoms with Crippen molar-refractivity contribution in [1.29, 1.82) is 0 Å². The van der Waals surface area contributed by atoms with E-state index in [9.17, 15) is 4.79 Å². The van der Waals surface area contributed by atoms with Crippen LogP contribution in [-0.2, 0) is 13.0 Å². The molecule has 0 bridgehead atoms. The number of carbonyl (C=O) groups is 1. The van der Waals surface area contributed by atoms with Crippen molar-refractivity contribution in [3.8, 4) is 5.75 Å². The molecule has 2 rings (SSSR count). The second-order valence-electron chi connectivity index (χ2n) is 4.71. The second-order valence-corrected chi connectivity index (χ2v) is 5.51. The fraction of sp³-hybridized carbons (Fsp3) is 0.333. The van der Waals surface area contributed by atoms with E-state index in [4.69, 9.17) is 10.5 Å². The molecule has 0 fully saturated rings. The Hall–Kier alpha value is -1.82. The Labute approximate surface area is 132 Å². The number of methoxy groups -OCH3 is 1. The Balaban J connectivity index is 2.30. The number of halogens is 1. The number of ether oxygens (including phenoxy) is 1. The minimum Gasteiger partial charge on any atom is -0.497 e. The van der Waals surface area contributed by atoms with Crippen molar-refractivity contribution in [3.05, 3.63) is 39.6 Å². The van der Waals surface area contributed by atoms with E-state index < -0.39 is 0 Å². The molecule has 1 aromatic heterocycles. The van der Waals surface area contributed by atoms with Crippen molar-refractivity contribution >= 4 is 27.4 Å². The third kappa shape index (κ3) is 3.10. The highest BCUT2D eigenvalue weighted by Gasteiger charge is 2.18. The molecular formula is C15H18BrN3O2. The SMILES string of the molecule is CCn1nc(C)c(Br)c1CC(=O)c1ccc(OC)cc1N. The molecule has 0 saturated heterocycles. The molecule has 1 aromatic carbocycles. The van der Waals surface area contributed by atoms with Gasteiger partial charge in [-0.25, -0.2) is 0 Å². The average molecular weight is 352 g/mol. The van der Waals surface area contributed by atoms with Gasteiger partial charge in [-0.1, -0.05) is 0 Å². The predicted molar refractivity (Wildman–Crippen MR) is 85.8 cm³/mol. The summed E-state index contributed by atoms with van der Waals surface area (Å²) in [6.45, 7) is 4.62. The molecule has 0 unspecified atom stereocenters. The largest absolute Gasteiger partial charge is 0.497 e. The summed E-state index contributed by atoms with van der Waals surface area (Å²) in [5.41, 5.74) is 8.61. The summed E-state index contributed by atoms with van der Waals surface area (Å²) in [4.78, 5) is 12.5. The number of benzene rings is 1. The molecule has 0 saturated carbocycles. The number of aryl methyl sites for hydroxylation is 2. The predicted octanol–water partition coefficient (Wildman–Crippen LogP) is 2.99. The van der Waals surface area contributed by atoms with Crippen molar-refractivity contribution in [1.82, 2.24) is 9.78 Å². The molecule has 2 aromatic rings. The second kappa shape index (κ2) is 6.30. The monoisotopic (exact) mass is 351 g/mol. The van der Waals surface area contributed by atoms with Crippen LogP contribution in [0.5, 0.6) is 5.75 Å². The summed E-state index contributed by atoms with van der Waals surface area (Å²) < 4.78 is 7.80. The van der Waals surface area contributed by atoms with E-state index in [2.05, 4.69) is 21.0 Å². The number of aromatic nitrogens is 2. The van der Waals surface area contributed by atoms with Crippen LogP contribution in [0.15, 0.2) is 22.7 Å². The lowest BCUT2D eigenvalue weighted by Gasteiger charge is -2.08. The van der Waals surface area contributed by atoms with Crippen LogP contribution < -0.4 is 10.5 Å². The van der Waals surface area contributed by atoms with Gasteiger partial charge in [0.15, 0.2) is 5.78 Å². The molecule has 0 radical (unpaired) electrons. The molecule has 1 heterocycles. The van der Waals surface area contributed by atoms with Crippen molar-refractivity contribution in [2.45, 2.75) is 26.8 Å². The molecule has 0 aliphatic carbocycles. The lowest BCUT2D eigenvalue weighted by Crippen LogP contribution is -2.12. The fourth-order valence-corrected chi connectivity index (χ4v) is 2.63. The van der Waals surface area contributed by atoms with Gasteiger partial charge in [0, 0.05) is 23.9 Å². The first-order chi connectivity index (χ1) is 9.97. The van der Waals surface area contributed by atoms with Gasteiger partial charge in [-0.15, -0.1) is 0 Å². The van der Waals surface area contributed by atoms with Gasteiger partial charge in [-0.05, 0) is 41.9 Å². The summed E-state index contributed by atoms with van der Waals surface area (Å²) in [6, 6.07) is 5.09. The maximum absolute atomic E-state index is 12.5. The molecule has 0 spiro atoms. The molecule has 0 aliphatic heterocycles. The number of nitrogen functional groups attached to an aromatic ring is 1. The van der Waals surface area contributed by atoms with Crippen molar-refractivity contribution < 1.29 is 9.53 Å².